The van der Waals surface area contributed by atoms with Crippen LogP contribution in [0.4, 0.5) is 0 Å². The largest absolute Gasteiger partial charge is 0.481 e. The van der Waals surface area contributed by atoms with E-state index in [-0.39, 0.29) is 43.5 Å². The third-order valence-electron chi connectivity index (χ3n) is 2.17. The molecule has 5 nitrogen and oxygen atoms in total. The molecule has 1 aliphatic rings. The van der Waals surface area contributed by atoms with Gasteiger partial charge >= 0.3 is 5.97 Å². The van der Waals surface area contributed by atoms with Crippen LogP contribution in [0.25, 0.3) is 0 Å². The summed E-state index contributed by atoms with van der Waals surface area (Å²) >= 11 is 0. The fourth-order valence-electron chi connectivity index (χ4n) is 1.50. The average Bonchev–Trinajstić information content (AvgIpc) is 2.34. The number of aliphatic carboxylic acids is 1. The topological polar surface area (TPSA) is 74.7 Å². The Balaban J connectivity index is 2.46. The minimum atomic E-state index is -0.906. The third-order valence-corrected chi connectivity index (χ3v) is 2.17. The molecule has 1 unspecified atom stereocenters. The van der Waals surface area contributed by atoms with E-state index in [1.165, 1.54) is 0 Å². The highest BCUT2D eigenvalue weighted by atomic mass is 16.4. The minimum Gasteiger partial charge on any atom is -0.481 e. The number of carbonyl (C=O) groups is 3. The van der Waals surface area contributed by atoms with E-state index in [0.717, 1.165) is 4.90 Å². The summed E-state index contributed by atoms with van der Waals surface area (Å²) in [6.07, 6.45) is 0.508. The van der Waals surface area contributed by atoms with Crippen molar-refractivity contribution >= 4 is 17.8 Å². The molecule has 0 aromatic carbocycles. The van der Waals surface area contributed by atoms with Crippen LogP contribution in [0.3, 0.4) is 0 Å². The van der Waals surface area contributed by atoms with E-state index in [1.807, 2.05) is 0 Å². The van der Waals surface area contributed by atoms with E-state index in [2.05, 4.69) is 0 Å². The molecule has 78 valence electrons. The fourth-order valence-corrected chi connectivity index (χ4v) is 1.50. The van der Waals surface area contributed by atoms with Crippen molar-refractivity contribution in [2.75, 3.05) is 6.54 Å². The van der Waals surface area contributed by atoms with E-state index >= 15 is 0 Å². The van der Waals surface area contributed by atoms with Crippen molar-refractivity contribution in [1.29, 1.82) is 0 Å². The molecule has 1 rings (SSSR count). The SMILES string of the molecule is CC(CC(=O)O)CN1C(=O)CCC1=O. The molecule has 0 bridgehead atoms. The van der Waals surface area contributed by atoms with Crippen molar-refractivity contribution in [3.8, 4) is 0 Å². The van der Waals surface area contributed by atoms with Gasteiger partial charge in [-0.3, -0.25) is 19.3 Å². The monoisotopic (exact) mass is 199 g/mol. The molecule has 1 atom stereocenters. The Morgan fingerprint density at radius 2 is 1.93 bits per heavy atom. The number of likely N-dealkylation sites (tertiary alicyclic amines) is 1. The summed E-state index contributed by atoms with van der Waals surface area (Å²) in [6.45, 7) is 1.94. The van der Waals surface area contributed by atoms with Crippen LogP contribution in [0.1, 0.15) is 26.2 Å². The first kappa shape index (κ1) is 10.7. The van der Waals surface area contributed by atoms with Gasteiger partial charge in [0, 0.05) is 25.8 Å². The zero-order chi connectivity index (χ0) is 10.7. The third kappa shape index (κ3) is 2.55. The normalized spacial score (nSPS) is 18.8. The van der Waals surface area contributed by atoms with E-state index < -0.39 is 5.97 Å². The molecule has 1 heterocycles. The van der Waals surface area contributed by atoms with Gasteiger partial charge in [-0.25, -0.2) is 0 Å². The van der Waals surface area contributed by atoms with Gasteiger partial charge in [-0.05, 0) is 5.92 Å². The Morgan fingerprint density at radius 3 is 2.36 bits per heavy atom. The highest BCUT2D eigenvalue weighted by Crippen LogP contribution is 2.15. The van der Waals surface area contributed by atoms with Gasteiger partial charge in [-0.15, -0.1) is 0 Å². The summed E-state index contributed by atoms with van der Waals surface area (Å²) in [5.74, 6) is -1.46. The lowest BCUT2D eigenvalue weighted by atomic mass is 10.1. The lowest BCUT2D eigenvalue weighted by molar-refractivity contribution is -0.142. The van der Waals surface area contributed by atoms with Gasteiger partial charge in [0.2, 0.25) is 11.8 Å². The quantitative estimate of drug-likeness (QED) is 0.658. The number of nitrogens with zero attached hydrogens (tertiary/aromatic N) is 1. The molecule has 2 amide bonds. The first-order valence-corrected chi connectivity index (χ1v) is 4.55. The van der Waals surface area contributed by atoms with Crippen LogP contribution < -0.4 is 0 Å². The van der Waals surface area contributed by atoms with Crippen molar-refractivity contribution in [2.24, 2.45) is 5.92 Å². The summed E-state index contributed by atoms with van der Waals surface area (Å²) in [6, 6.07) is 0. The summed E-state index contributed by atoms with van der Waals surface area (Å²) < 4.78 is 0. The molecule has 1 N–H and O–H groups in total. The number of hydrogen-bond acceptors (Lipinski definition) is 3. The molecular weight excluding hydrogens is 186 g/mol. The number of carbonyl (C=O) groups excluding carboxylic acids is 2. The van der Waals surface area contributed by atoms with Crippen molar-refractivity contribution < 1.29 is 19.5 Å². The first-order valence-electron chi connectivity index (χ1n) is 4.55. The van der Waals surface area contributed by atoms with Crippen molar-refractivity contribution in [3.63, 3.8) is 0 Å². The van der Waals surface area contributed by atoms with Crippen LogP contribution in [0.5, 0.6) is 0 Å². The number of imide groups is 1. The molecule has 1 fully saturated rings. The maximum absolute atomic E-state index is 11.2. The molecule has 1 saturated heterocycles. The van der Waals surface area contributed by atoms with Crippen LogP contribution in [-0.4, -0.2) is 34.3 Å². The predicted molar refractivity (Wildman–Crippen MR) is 47.4 cm³/mol. The van der Waals surface area contributed by atoms with E-state index in [4.69, 9.17) is 5.11 Å². The van der Waals surface area contributed by atoms with Gasteiger partial charge in [0.05, 0.1) is 0 Å². The van der Waals surface area contributed by atoms with E-state index in [1.54, 1.807) is 6.92 Å². The smallest absolute Gasteiger partial charge is 0.303 e. The van der Waals surface area contributed by atoms with Gasteiger partial charge in [0.25, 0.3) is 0 Å². The zero-order valence-electron chi connectivity index (χ0n) is 8.02. The maximum atomic E-state index is 11.2. The molecular formula is C9H13NO4. The fraction of sp³-hybridized carbons (Fsp3) is 0.667. The number of amides is 2. The summed E-state index contributed by atoms with van der Waals surface area (Å²) in [4.78, 5) is 33.8. The predicted octanol–water partition coefficient (Wildman–Crippen LogP) is 0.246. The standard InChI is InChI=1S/C9H13NO4/c1-6(4-9(13)14)5-10-7(11)2-3-8(10)12/h6H,2-5H2,1H3,(H,13,14). The lowest BCUT2D eigenvalue weighted by Gasteiger charge is -2.17. The molecule has 5 heteroatoms. The molecule has 0 aromatic heterocycles. The highest BCUT2D eigenvalue weighted by molar-refractivity contribution is 6.01. The van der Waals surface area contributed by atoms with Crippen LogP contribution in [0, 0.1) is 5.92 Å². The molecule has 0 aliphatic carbocycles. The maximum Gasteiger partial charge on any atom is 0.303 e. The molecule has 1 aliphatic heterocycles. The summed E-state index contributed by atoms with van der Waals surface area (Å²) in [5, 5.41) is 8.50. The summed E-state index contributed by atoms with van der Waals surface area (Å²) in [5.41, 5.74) is 0. The van der Waals surface area contributed by atoms with Gasteiger partial charge in [0.15, 0.2) is 0 Å². The Hall–Kier alpha value is -1.39. The van der Waals surface area contributed by atoms with Crippen LogP contribution in [0.2, 0.25) is 0 Å². The first-order chi connectivity index (χ1) is 6.50. The molecule has 14 heavy (non-hydrogen) atoms. The second kappa shape index (κ2) is 4.21. The van der Waals surface area contributed by atoms with Gasteiger partial charge in [0.1, 0.15) is 0 Å². The zero-order valence-corrected chi connectivity index (χ0v) is 8.02. The van der Waals surface area contributed by atoms with Crippen molar-refractivity contribution in [3.05, 3.63) is 0 Å². The van der Waals surface area contributed by atoms with Gasteiger partial charge in [-0.2, -0.15) is 0 Å². The minimum absolute atomic E-state index is 0.0168. The number of hydrogen-bond donors (Lipinski definition) is 1. The van der Waals surface area contributed by atoms with Crippen LogP contribution >= 0.6 is 0 Å². The Labute approximate surface area is 81.7 Å². The Morgan fingerprint density at radius 1 is 1.43 bits per heavy atom. The molecule has 0 spiro atoms. The Kier molecular flexibility index (Phi) is 3.22. The van der Waals surface area contributed by atoms with Gasteiger partial charge in [-0.1, -0.05) is 6.92 Å². The number of carboxylic acids is 1. The van der Waals surface area contributed by atoms with Crippen molar-refractivity contribution in [1.82, 2.24) is 4.90 Å². The van der Waals surface area contributed by atoms with E-state index in [9.17, 15) is 14.4 Å². The molecule has 0 radical (unpaired) electrons. The average molecular weight is 199 g/mol. The van der Waals surface area contributed by atoms with Gasteiger partial charge < -0.3 is 5.11 Å². The number of carboxylic acid groups (broad SMARTS) is 1. The van der Waals surface area contributed by atoms with Crippen LogP contribution in [-0.2, 0) is 14.4 Å². The van der Waals surface area contributed by atoms with Crippen molar-refractivity contribution in [2.45, 2.75) is 26.2 Å². The Bertz CT molecular complexity index is 258. The molecule has 0 saturated carbocycles. The lowest BCUT2D eigenvalue weighted by Crippen LogP contribution is -2.33. The second-order valence-corrected chi connectivity index (χ2v) is 3.60. The highest BCUT2D eigenvalue weighted by Gasteiger charge is 2.30. The molecule has 0 aromatic rings. The summed E-state index contributed by atoms with van der Waals surface area (Å²) in [7, 11) is 0. The number of rotatable bonds is 4. The van der Waals surface area contributed by atoms with Crippen LogP contribution in [0.15, 0.2) is 0 Å². The van der Waals surface area contributed by atoms with E-state index in [0.29, 0.717) is 0 Å². The second-order valence-electron chi connectivity index (χ2n) is 3.60.